The van der Waals surface area contributed by atoms with Gasteiger partial charge in [-0.3, -0.25) is 4.79 Å². The quantitative estimate of drug-likeness (QED) is 0.471. The van der Waals surface area contributed by atoms with E-state index in [0.717, 1.165) is 38.0 Å². The van der Waals surface area contributed by atoms with Gasteiger partial charge in [-0.15, -0.1) is 0 Å². The van der Waals surface area contributed by atoms with Crippen LogP contribution in [0, 0.1) is 11.8 Å². The smallest absolute Gasteiger partial charge is 0.311 e. The molecular formula is C20H31NO4. The van der Waals surface area contributed by atoms with Crippen LogP contribution in [0.2, 0.25) is 0 Å². The van der Waals surface area contributed by atoms with Gasteiger partial charge in [0, 0.05) is 12.5 Å². The zero-order valence-electron chi connectivity index (χ0n) is 15.4. The van der Waals surface area contributed by atoms with Gasteiger partial charge in [0.1, 0.15) is 12.2 Å². The van der Waals surface area contributed by atoms with E-state index in [4.69, 9.17) is 9.47 Å². The molecule has 3 aliphatic heterocycles. The molecule has 0 amide bonds. The number of esters is 1. The number of rotatable bonds is 2. The van der Waals surface area contributed by atoms with E-state index in [-0.39, 0.29) is 35.6 Å². The maximum atomic E-state index is 12.7. The molecule has 4 rings (SSSR count). The number of nitrogens with zero attached hydrogens (tertiary/aromatic N) is 1. The minimum absolute atomic E-state index is 0.00758. The summed E-state index contributed by atoms with van der Waals surface area (Å²) in [6.07, 6.45) is 7.55. The number of allylic oxidation sites excluding steroid dienone is 1. The van der Waals surface area contributed by atoms with Crippen LogP contribution in [-0.2, 0) is 14.3 Å². The Balaban J connectivity index is 1.55. The Morgan fingerprint density at radius 3 is 2.84 bits per heavy atom. The lowest BCUT2D eigenvalue weighted by molar-refractivity contribution is -0.145. The van der Waals surface area contributed by atoms with Crippen molar-refractivity contribution in [1.82, 2.24) is 4.90 Å². The fraction of sp³-hybridized carbons (Fsp3) is 0.850. The fourth-order valence-electron chi connectivity index (χ4n) is 4.97. The van der Waals surface area contributed by atoms with Gasteiger partial charge >= 0.3 is 5.97 Å². The van der Waals surface area contributed by atoms with Gasteiger partial charge in [0.25, 0.3) is 0 Å². The topological polar surface area (TPSA) is 62.3 Å². The first-order chi connectivity index (χ1) is 12.0. The third-order valence-corrected chi connectivity index (χ3v) is 6.76. The number of hydrogen-bond acceptors (Lipinski definition) is 5. The van der Waals surface area contributed by atoms with Crippen molar-refractivity contribution in [3.8, 4) is 0 Å². The summed E-state index contributed by atoms with van der Waals surface area (Å²) in [7, 11) is 0. The van der Waals surface area contributed by atoms with Crippen LogP contribution >= 0.6 is 0 Å². The predicted molar refractivity (Wildman–Crippen MR) is 94.0 cm³/mol. The first kappa shape index (κ1) is 17.5. The molecule has 6 atom stereocenters. The van der Waals surface area contributed by atoms with Crippen molar-refractivity contribution in [2.75, 3.05) is 19.6 Å². The highest BCUT2D eigenvalue weighted by molar-refractivity contribution is 5.76. The summed E-state index contributed by atoms with van der Waals surface area (Å²) in [6.45, 7) is 7.02. The number of aliphatic hydroxyl groups is 1. The molecule has 0 radical (unpaired) electrons. The summed E-state index contributed by atoms with van der Waals surface area (Å²) in [5, 5.41) is 10.6. The van der Waals surface area contributed by atoms with Gasteiger partial charge in [-0.2, -0.15) is 0 Å². The van der Waals surface area contributed by atoms with E-state index in [1.165, 1.54) is 19.3 Å². The Hall–Kier alpha value is -0.910. The SMILES string of the molecule is CC1=CCC[C@@]2(C)O[C@@H]2[C@H]2OC(=O)[C@@H](CN3CCCCC3)[C@@H]2C[C@@H]1O. The van der Waals surface area contributed by atoms with Crippen LogP contribution < -0.4 is 0 Å². The van der Waals surface area contributed by atoms with Gasteiger partial charge in [-0.1, -0.05) is 12.5 Å². The Bertz CT molecular complexity index is 556. The van der Waals surface area contributed by atoms with Gasteiger partial charge in [0.2, 0.25) is 0 Å². The van der Waals surface area contributed by atoms with Gasteiger partial charge < -0.3 is 19.5 Å². The number of ether oxygens (including phenoxy) is 2. The fourth-order valence-corrected chi connectivity index (χ4v) is 4.97. The molecule has 5 nitrogen and oxygen atoms in total. The van der Waals surface area contributed by atoms with Crippen LogP contribution in [0.15, 0.2) is 11.6 Å². The molecule has 0 bridgehead atoms. The molecule has 0 saturated carbocycles. The molecule has 3 fully saturated rings. The first-order valence-corrected chi connectivity index (χ1v) is 9.93. The first-order valence-electron chi connectivity index (χ1n) is 9.93. The number of carbonyl (C=O) groups excluding carboxylic acids is 1. The Morgan fingerprint density at radius 2 is 2.08 bits per heavy atom. The Kier molecular flexibility index (Phi) is 4.67. The number of piperidine rings is 1. The highest BCUT2D eigenvalue weighted by atomic mass is 16.6. The lowest BCUT2D eigenvalue weighted by atomic mass is 9.79. The lowest BCUT2D eigenvalue weighted by Crippen LogP contribution is -2.40. The number of carbonyl (C=O) groups is 1. The second-order valence-corrected chi connectivity index (χ2v) is 8.62. The average molecular weight is 349 g/mol. The van der Waals surface area contributed by atoms with E-state index in [1.807, 2.05) is 6.92 Å². The van der Waals surface area contributed by atoms with Crippen molar-refractivity contribution in [2.45, 2.75) is 76.3 Å². The van der Waals surface area contributed by atoms with Crippen LogP contribution in [0.1, 0.15) is 52.4 Å². The Labute approximate surface area is 150 Å². The summed E-state index contributed by atoms with van der Waals surface area (Å²) in [4.78, 5) is 15.1. The molecule has 25 heavy (non-hydrogen) atoms. The lowest BCUT2D eigenvalue weighted by Gasteiger charge is -2.31. The molecule has 0 aromatic carbocycles. The van der Waals surface area contributed by atoms with E-state index in [1.54, 1.807) is 0 Å². The molecule has 0 aromatic rings. The molecule has 0 unspecified atom stereocenters. The normalized spacial score (nSPS) is 45.2. The van der Waals surface area contributed by atoms with Crippen molar-refractivity contribution >= 4 is 5.97 Å². The molecule has 3 heterocycles. The summed E-state index contributed by atoms with van der Waals surface area (Å²) in [5.41, 5.74) is 0.833. The van der Waals surface area contributed by atoms with Crippen molar-refractivity contribution < 1.29 is 19.4 Å². The summed E-state index contributed by atoms with van der Waals surface area (Å²) >= 11 is 0. The van der Waals surface area contributed by atoms with Crippen molar-refractivity contribution in [3.05, 3.63) is 11.6 Å². The number of likely N-dealkylation sites (tertiary alicyclic amines) is 1. The maximum absolute atomic E-state index is 12.7. The monoisotopic (exact) mass is 349 g/mol. The highest BCUT2D eigenvalue weighted by Gasteiger charge is 2.63. The minimum Gasteiger partial charge on any atom is -0.459 e. The second-order valence-electron chi connectivity index (χ2n) is 8.62. The largest absolute Gasteiger partial charge is 0.459 e. The van der Waals surface area contributed by atoms with Crippen LogP contribution in [0.25, 0.3) is 0 Å². The van der Waals surface area contributed by atoms with Crippen molar-refractivity contribution in [1.29, 1.82) is 0 Å². The minimum atomic E-state index is -0.492. The number of hydrogen-bond donors (Lipinski definition) is 1. The van der Waals surface area contributed by atoms with Gasteiger partial charge in [-0.05, 0) is 64.6 Å². The van der Waals surface area contributed by atoms with Crippen LogP contribution in [-0.4, -0.2) is 59.5 Å². The standard InChI is InChI=1S/C20H31NO4/c1-13-7-6-8-20(2)18(25-20)17-14(11-16(13)22)15(19(23)24-17)12-21-9-4-3-5-10-21/h7,14-18,22H,3-6,8-12H2,1-2H3/t14-,15-,16-,17-,18+,20+/m0/s1. The van der Waals surface area contributed by atoms with Gasteiger partial charge in [-0.25, -0.2) is 0 Å². The molecule has 0 aromatic heterocycles. The number of epoxide rings is 1. The molecule has 4 aliphatic rings. The van der Waals surface area contributed by atoms with E-state index in [9.17, 15) is 9.90 Å². The summed E-state index contributed by atoms with van der Waals surface area (Å²) in [5.74, 6) is -0.192. The molecule has 140 valence electrons. The third-order valence-electron chi connectivity index (χ3n) is 6.76. The predicted octanol–water partition coefficient (Wildman–Crippen LogP) is 2.28. The zero-order valence-corrected chi connectivity index (χ0v) is 15.4. The second kappa shape index (κ2) is 6.67. The molecular weight excluding hydrogens is 318 g/mol. The molecule has 0 spiro atoms. The van der Waals surface area contributed by atoms with Crippen LogP contribution in [0.4, 0.5) is 0 Å². The van der Waals surface area contributed by atoms with Crippen molar-refractivity contribution in [2.24, 2.45) is 11.8 Å². The maximum Gasteiger partial charge on any atom is 0.311 e. The Morgan fingerprint density at radius 1 is 1.32 bits per heavy atom. The molecule has 1 aliphatic carbocycles. The average Bonchev–Trinajstić information content (AvgIpc) is 3.17. The number of aliphatic hydroxyl groups excluding tert-OH is 1. The molecule has 5 heteroatoms. The summed E-state index contributed by atoms with van der Waals surface area (Å²) < 4.78 is 11.8. The van der Waals surface area contributed by atoms with E-state index >= 15 is 0 Å². The van der Waals surface area contributed by atoms with Gasteiger partial charge in [0.05, 0.1) is 17.6 Å². The van der Waals surface area contributed by atoms with E-state index in [0.29, 0.717) is 6.42 Å². The number of fused-ring (bicyclic) bond motifs is 3. The zero-order chi connectivity index (χ0) is 17.6. The highest BCUT2D eigenvalue weighted by Crippen LogP contribution is 2.50. The van der Waals surface area contributed by atoms with Crippen LogP contribution in [0.5, 0.6) is 0 Å². The van der Waals surface area contributed by atoms with Crippen LogP contribution in [0.3, 0.4) is 0 Å². The molecule has 3 saturated heterocycles. The molecule has 1 N–H and O–H groups in total. The van der Waals surface area contributed by atoms with Gasteiger partial charge in [0.15, 0.2) is 0 Å². The van der Waals surface area contributed by atoms with Crippen molar-refractivity contribution in [3.63, 3.8) is 0 Å². The van der Waals surface area contributed by atoms with E-state index in [2.05, 4.69) is 17.9 Å². The summed E-state index contributed by atoms with van der Waals surface area (Å²) in [6, 6.07) is 0. The van der Waals surface area contributed by atoms with E-state index < -0.39 is 6.10 Å². The third kappa shape index (κ3) is 3.38.